The van der Waals surface area contributed by atoms with Gasteiger partial charge in [-0.25, -0.2) is 4.99 Å². The highest BCUT2D eigenvalue weighted by molar-refractivity contribution is 6.23. The predicted molar refractivity (Wildman–Crippen MR) is 230 cm³/mol. The summed E-state index contributed by atoms with van der Waals surface area (Å²) in [6.45, 7) is 0. The van der Waals surface area contributed by atoms with Gasteiger partial charge in [-0.3, -0.25) is 4.98 Å². The quantitative estimate of drug-likeness (QED) is 0.134. The average molecular weight is 703 g/mol. The molecule has 1 aliphatic heterocycles. The molecule has 8 aromatic carbocycles. The number of nitrogens with zero attached hydrogens (tertiary/aromatic N) is 2. The van der Waals surface area contributed by atoms with Gasteiger partial charge in [0.05, 0.1) is 22.8 Å². The van der Waals surface area contributed by atoms with Crippen LogP contribution in [0.15, 0.2) is 199 Å². The smallest absolute Gasteiger partial charge is 0.138 e. The van der Waals surface area contributed by atoms with E-state index in [-0.39, 0.29) is 0 Å². The van der Waals surface area contributed by atoms with Gasteiger partial charge in [0.1, 0.15) is 5.84 Å². The lowest BCUT2D eigenvalue weighted by atomic mass is 9.86. The van der Waals surface area contributed by atoms with E-state index < -0.39 is 0 Å². The van der Waals surface area contributed by atoms with Crippen molar-refractivity contribution in [2.75, 3.05) is 0 Å². The van der Waals surface area contributed by atoms with E-state index in [9.17, 15) is 0 Å². The van der Waals surface area contributed by atoms with Crippen LogP contribution in [0.3, 0.4) is 0 Å². The molecule has 0 saturated carbocycles. The summed E-state index contributed by atoms with van der Waals surface area (Å²) in [5.41, 5.74) is 11.8. The summed E-state index contributed by atoms with van der Waals surface area (Å²) in [7, 11) is 0. The predicted octanol–water partition coefficient (Wildman–Crippen LogP) is 12.6. The van der Waals surface area contributed by atoms with Crippen molar-refractivity contribution in [1.29, 1.82) is 5.41 Å². The molecular weight excluding hydrogens is 669 g/mol. The van der Waals surface area contributed by atoms with Gasteiger partial charge in [-0.05, 0) is 79.0 Å². The number of rotatable bonds is 6. The molecule has 1 aromatic heterocycles. The Kier molecular flexibility index (Phi) is 7.93. The number of pyridine rings is 1. The standard InChI is InChI=1S/C51H34N4/c52-45(34-15-5-2-6-16-34)32-47-44-21-11-12-22-46(44)54-51(55-47)36-25-23-35(24-26-36)48-40-17-7-9-19-42(40)49(43-20-10-8-18-41(43)48)50-39-28-27-37(31-38(39)29-30-53-50)33-13-3-1-4-14-33/h1-32,52H,(H,54,55)/b47-32-,52-45?. The zero-order valence-electron chi connectivity index (χ0n) is 29.9. The summed E-state index contributed by atoms with van der Waals surface area (Å²) >= 11 is 0. The molecule has 0 bridgehead atoms. The largest absolute Gasteiger partial charge is 0.339 e. The lowest BCUT2D eigenvalue weighted by molar-refractivity contribution is 1.22. The zero-order chi connectivity index (χ0) is 36.7. The molecule has 2 heterocycles. The van der Waals surface area contributed by atoms with E-state index >= 15 is 0 Å². The van der Waals surface area contributed by atoms with Crippen LogP contribution < -0.4 is 5.32 Å². The van der Waals surface area contributed by atoms with Gasteiger partial charge in [0.25, 0.3) is 0 Å². The number of amidine groups is 1. The molecule has 55 heavy (non-hydrogen) atoms. The van der Waals surface area contributed by atoms with E-state index in [0.717, 1.165) is 72.3 Å². The Morgan fingerprint density at radius 2 is 1.07 bits per heavy atom. The van der Waals surface area contributed by atoms with Crippen molar-refractivity contribution >= 4 is 55.2 Å². The second-order valence-corrected chi connectivity index (χ2v) is 13.8. The van der Waals surface area contributed by atoms with Crippen molar-refractivity contribution in [3.63, 3.8) is 0 Å². The van der Waals surface area contributed by atoms with Gasteiger partial charge >= 0.3 is 0 Å². The van der Waals surface area contributed by atoms with Gasteiger partial charge in [-0.2, -0.15) is 0 Å². The van der Waals surface area contributed by atoms with Crippen LogP contribution in [0.1, 0.15) is 16.7 Å². The van der Waals surface area contributed by atoms with Gasteiger partial charge in [-0.15, -0.1) is 0 Å². The number of aliphatic imine (C=N–C) groups is 1. The third-order valence-electron chi connectivity index (χ3n) is 10.5. The summed E-state index contributed by atoms with van der Waals surface area (Å²) in [6.07, 6.45) is 3.83. The Balaban J connectivity index is 1.08. The first-order valence-electron chi connectivity index (χ1n) is 18.5. The molecule has 1 aliphatic rings. The maximum Gasteiger partial charge on any atom is 0.138 e. The minimum atomic E-state index is 0.437. The Morgan fingerprint density at radius 1 is 0.491 bits per heavy atom. The molecule has 4 nitrogen and oxygen atoms in total. The van der Waals surface area contributed by atoms with Crippen molar-refractivity contribution in [1.82, 2.24) is 10.3 Å². The topological polar surface area (TPSA) is 61.1 Å². The van der Waals surface area contributed by atoms with Crippen LogP contribution >= 0.6 is 0 Å². The molecule has 9 aromatic rings. The van der Waals surface area contributed by atoms with E-state index in [1.807, 2.05) is 66.9 Å². The summed E-state index contributed by atoms with van der Waals surface area (Å²) in [6, 6.07) is 63.3. The molecule has 0 spiro atoms. The van der Waals surface area contributed by atoms with Crippen LogP contribution in [0.2, 0.25) is 0 Å². The number of hydrogen-bond acceptors (Lipinski definition) is 4. The number of benzene rings is 8. The highest BCUT2D eigenvalue weighted by Gasteiger charge is 2.21. The van der Waals surface area contributed by atoms with Crippen LogP contribution in [0.25, 0.3) is 71.5 Å². The minimum absolute atomic E-state index is 0.437. The number of para-hydroxylation sites is 1. The first-order chi connectivity index (χ1) is 27.2. The number of aromatic nitrogens is 1. The fraction of sp³-hybridized carbons (Fsp3) is 0. The highest BCUT2D eigenvalue weighted by Crippen LogP contribution is 2.45. The highest BCUT2D eigenvalue weighted by atomic mass is 15.0. The Bertz CT molecular complexity index is 2940. The second-order valence-electron chi connectivity index (χ2n) is 13.8. The fourth-order valence-electron chi connectivity index (χ4n) is 7.91. The van der Waals surface area contributed by atoms with E-state index in [4.69, 9.17) is 15.4 Å². The summed E-state index contributed by atoms with van der Waals surface area (Å²) in [4.78, 5) is 10.1. The van der Waals surface area contributed by atoms with Gasteiger partial charge in [0.2, 0.25) is 0 Å². The molecule has 0 atom stereocenters. The Hall–Kier alpha value is -7.43. The molecule has 0 saturated heterocycles. The molecule has 0 unspecified atom stereocenters. The number of fused-ring (bicyclic) bond motifs is 4. The molecule has 0 amide bonds. The molecule has 4 heteroatoms. The lowest BCUT2D eigenvalue weighted by Crippen LogP contribution is -2.26. The summed E-state index contributed by atoms with van der Waals surface area (Å²) in [5, 5.41) is 19.4. The maximum absolute atomic E-state index is 8.82. The molecule has 2 N–H and O–H groups in total. The molecular formula is C51H34N4. The summed E-state index contributed by atoms with van der Waals surface area (Å²) in [5.74, 6) is 0.750. The Labute approximate surface area is 319 Å². The van der Waals surface area contributed by atoms with Crippen LogP contribution in [0.5, 0.6) is 0 Å². The summed E-state index contributed by atoms with van der Waals surface area (Å²) < 4.78 is 0. The zero-order valence-corrected chi connectivity index (χ0v) is 29.9. The third kappa shape index (κ3) is 5.77. The second kappa shape index (κ2) is 13.5. The molecule has 0 aliphatic carbocycles. The number of allylic oxidation sites excluding steroid dienone is 1. The van der Waals surface area contributed by atoms with Crippen LogP contribution in [-0.4, -0.2) is 16.5 Å². The molecule has 258 valence electrons. The van der Waals surface area contributed by atoms with E-state index in [1.165, 1.54) is 27.5 Å². The molecule has 10 rings (SSSR count). The molecule has 0 radical (unpaired) electrons. The minimum Gasteiger partial charge on any atom is -0.339 e. The molecule has 0 fully saturated rings. The third-order valence-corrected chi connectivity index (χ3v) is 10.5. The number of nitrogens with one attached hydrogen (secondary N) is 2. The van der Waals surface area contributed by atoms with Gasteiger partial charge in [0, 0.05) is 28.3 Å². The monoisotopic (exact) mass is 702 g/mol. The van der Waals surface area contributed by atoms with E-state index in [0.29, 0.717) is 5.71 Å². The fourth-order valence-corrected chi connectivity index (χ4v) is 7.91. The Morgan fingerprint density at radius 3 is 1.78 bits per heavy atom. The first kappa shape index (κ1) is 32.2. The first-order valence-corrected chi connectivity index (χ1v) is 18.5. The van der Waals surface area contributed by atoms with Crippen LogP contribution in [0.4, 0.5) is 5.69 Å². The van der Waals surface area contributed by atoms with E-state index in [1.54, 1.807) is 0 Å². The van der Waals surface area contributed by atoms with Crippen LogP contribution in [0, 0.1) is 5.41 Å². The van der Waals surface area contributed by atoms with Gasteiger partial charge in [0.15, 0.2) is 0 Å². The van der Waals surface area contributed by atoms with Crippen molar-refractivity contribution in [3.8, 4) is 33.5 Å². The van der Waals surface area contributed by atoms with E-state index in [2.05, 4.69) is 133 Å². The normalized spacial score (nSPS) is 13.1. The van der Waals surface area contributed by atoms with Gasteiger partial charge in [-0.1, -0.05) is 164 Å². The van der Waals surface area contributed by atoms with Crippen molar-refractivity contribution in [3.05, 3.63) is 211 Å². The van der Waals surface area contributed by atoms with Crippen LogP contribution in [-0.2, 0) is 0 Å². The lowest BCUT2D eigenvalue weighted by Gasteiger charge is -2.22. The SMILES string of the molecule is N=C(/C=C1\NC(c2ccc(-c3c4ccccc4c(-c4nccc5cc(-c6ccccc6)ccc45)c4ccccc34)cc2)=Nc2ccccc21)c1ccccc1. The van der Waals surface area contributed by atoms with Crippen molar-refractivity contribution in [2.45, 2.75) is 0 Å². The maximum atomic E-state index is 8.82. The van der Waals surface area contributed by atoms with Crippen molar-refractivity contribution < 1.29 is 0 Å². The number of hydrogen-bond donors (Lipinski definition) is 2. The van der Waals surface area contributed by atoms with Gasteiger partial charge < -0.3 is 10.7 Å². The van der Waals surface area contributed by atoms with Crippen molar-refractivity contribution in [2.24, 2.45) is 4.99 Å². The average Bonchev–Trinajstić information content (AvgIpc) is 3.26.